The number of anilines is 1. The maximum Gasteiger partial charge on any atom is 0.227 e. The summed E-state index contributed by atoms with van der Waals surface area (Å²) in [5.74, 6) is 1.09. The first-order valence-electron chi connectivity index (χ1n) is 9.31. The molecule has 0 bridgehead atoms. The number of rotatable bonds is 5. The molecule has 3 rings (SSSR count). The zero-order valence-corrected chi connectivity index (χ0v) is 17.5. The first kappa shape index (κ1) is 23.9. The quantitative estimate of drug-likeness (QED) is 0.754. The van der Waals surface area contributed by atoms with Crippen LogP contribution in [0.3, 0.4) is 0 Å². The molecule has 1 aromatic rings. The summed E-state index contributed by atoms with van der Waals surface area (Å²) in [5, 5.41) is 3.24. The first-order chi connectivity index (χ1) is 12.2. The van der Waals surface area contributed by atoms with Crippen LogP contribution in [0.1, 0.15) is 38.3 Å². The summed E-state index contributed by atoms with van der Waals surface area (Å²) in [5.41, 5.74) is 6.54. The number of nitrogens with zero attached hydrogens (tertiary/aromatic N) is 3. The minimum absolute atomic E-state index is 0. The minimum Gasteiger partial charge on any atom is -0.381 e. The van der Waals surface area contributed by atoms with Crippen LogP contribution in [0.2, 0.25) is 0 Å². The fourth-order valence-electron chi connectivity index (χ4n) is 3.63. The highest BCUT2D eigenvalue weighted by Gasteiger charge is 2.39. The van der Waals surface area contributed by atoms with E-state index in [0.717, 1.165) is 56.7 Å². The van der Waals surface area contributed by atoms with Gasteiger partial charge in [0.2, 0.25) is 5.91 Å². The molecule has 0 aromatic carbocycles. The second-order valence-corrected chi connectivity index (χ2v) is 7.05. The molecule has 3 N–H and O–H groups in total. The van der Waals surface area contributed by atoms with Crippen molar-refractivity contribution in [1.29, 1.82) is 0 Å². The van der Waals surface area contributed by atoms with Gasteiger partial charge in [-0.05, 0) is 32.1 Å². The van der Waals surface area contributed by atoms with E-state index in [4.69, 9.17) is 10.5 Å². The molecule has 0 spiro atoms. The second-order valence-electron chi connectivity index (χ2n) is 7.05. The SMILES string of the molecule is CCc1cc(N2CCC(NC(=O)C3(CN)CCOCC3)CC2)ncn1.Cl.Cl. The van der Waals surface area contributed by atoms with Crippen molar-refractivity contribution < 1.29 is 9.53 Å². The molecule has 9 heteroatoms. The average Bonchev–Trinajstić information content (AvgIpc) is 2.69. The van der Waals surface area contributed by atoms with Gasteiger partial charge in [-0.15, -0.1) is 24.8 Å². The van der Waals surface area contributed by atoms with Crippen LogP contribution in [0.25, 0.3) is 0 Å². The number of piperidine rings is 1. The number of hydrogen-bond donors (Lipinski definition) is 2. The third-order valence-corrected chi connectivity index (χ3v) is 5.55. The van der Waals surface area contributed by atoms with E-state index in [1.807, 2.05) is 0 Å². The molecule has 0 unspecified atom stereocenters. The number of nitrogens with one attached hydrogen (secondary N) is 1. The van der Waals surface area contributed by atoms with Crippen LogP contribution in [0.5, 0.6) is 0 Å². The van der Waals surface area contributed by atoms with Gasteiger partial charge in [-0.3, -0.25) is 4.79 Å². The largest absolute Gasteiger partial charge is 0.381 e. The van der Waals surface area contributed by atoms with Crippen molar-refractivity contribution in [3.63, 3.8) is 0 Å². The number of ether oxygens (including phenoxy) is 1. The van der Waals surface area contributed by atoms with Gasteiger partial charge in [-0.25, -0.2) is 9.97 Å². The molecule has 7 nitrogen and oxygen atoms in total. The molecule has 2 fully saturated rings. The molecule has 2 saturated heterocycles. The minimum atomic E-state index is -0.446. The maximum absolute atomic E-state index is 12.8. The molecule has 3 heterocycles. The number of amides is 1. The number of aromatic nitrogens is 2. The van der Waals surface area contributed by atoms with E-state index < -0.39 is 5.41 Å². The van der Waals surface area contributed by atoms with E-state index in [9.17, 15) is 4.79 Å². The van der Waals surface area contributed by atoms with Crippen molar-refractivity contribution in [2.24, 2.45) is 11.1 Å². The molecule has 0 radical (unpaired) electrons. The second kappa shape index (κ2) is 11.0. The molecule has 2 aliphatic heterocycles. The standard InChI is InChI=1S/C18H29N5O2.2ClH/c1-2-14-11-16(21-13-20-14)23-7-3-15(4-8-23)22-17(24)18(12-19)5-9-25-10-6-18;;/h11,13,15H,2-10,12,19H2,1H3,(H,22,24);2*1H. The Hall–Kier alpha value is -1.15. The van der Waals surface area contributed by atoms with Gasteiger partial charge in [-0.2, -0.15) is 0 Å². The van der Waals surface area contributed by atoms with Gasteiger partial charge < -0.3 is 20.7 Å². The molecular weight excluding hydrogens is 389 g/mol. The Labute approximate surface area is 173 Å². The molecule has 0 atom stereocenters. The lowest BCUT2D eigenvalue weighted by Crippen LogP contribution is -2.53. The number of halogens is 2. The summed E-state index contributed by atoms with van der Waals surface area (Å²) in [6.45, 7) is 5.51. The molecule has 0 aliphatic carbocycles. The highest BCUT2D eigenvalue weighted by Crippen LogP contribution is 2.30. The van der Waals surface area contributed by atoms with Crippen LogP contribution < -0.4 is 16.0 Å². The van der Waals surface area contributed by atoms with Crippen LogP contribution >= 0.6 is 24.8 Å². The van der Waals surface area contributed by atoms with Crippen molar-refractivity contribution >= 4 is 36.5 Å². The van der Waals surface area contributed by atoms with Gasteiger partial charge >= 0.3 is 0 Å². The van der Waals surface area contributed by atoms with Crippen molar-refractivity contribution in [3.05, 3.63) is 18.1 Å². The zero-order valence-electron chi connectivity index (χ0n) is 15.9. The molecule has 2 aliphatic rings. The van der Waals surface area contributed by atoms with Gasteiger partial charge in [-0.1, -0.05) is 6.92 Å². The normalized spacial score (nSPS) is 19.6. The van der Waals surface area contributed by atoms with E-state index in [-0.39, 0.29) is 36.8 Å². The van der Waals surface area contributed by atoms with E-state index >= 15 is 0 Å². The van der Waals surface area contributed by atoms with Crippen molar-refractivity contribution in [2.45, 2.75) is 45.1 Å². The number of aryl methyl sites for hydroxylation is 1. The van der Waals surface area contributed by atoms with Gasteiger partial charge in [0, 0.05) is 50.7 Å². The zero-order chi connectivity index (χ0) is 17.7. The lowest BCUT2D eigenvalue weighted by Gasteiger charge is -2.38. The van der Waals surface area contributed by atoms with E-state index in [2.05, 4.69) is 33.2 Å². The smallest absolute Gasteiger partial charge is 0.227 e. The third kappa shape index (κ3) is 5.67. The molecule has 1 aromatic heterocycles. The topological polar surface area (TPSA) is 93.4 Å². The number of carbonyl (C=O) groups is 1. The van der Waals surface area contributed by atoms with E-state index in [0.29, 0.717) is 19.8 Å². The van der Waals surface area contributed by atoms with Crippen LogP contribution in [-0.4, -0.2) is 54.8 Å². The van der Waals surface area contributed by atoms with Crippen LogP contribution in [0, 0.1) is 5.41 Å². The average molecular weight is 420 g/mol. The van der Waals surface area contributed by atoms with E-state index in [1.165, 1.54) is 0 Å². The Kier molecular flexibility index (Phi) is 9.73. The number of hydrogen-bond acceptors (Lipinski definition) is 6. The highest BCUT2D eigenvalue weighted by atomic mass is 35.5. The third-order valence-electron chi connectivity index (χ3n) is 5.55. The summed E-state index contributed by atoms with van der Waals surface area (Å²) in [7, 11) is 0. The molecule has 27 heavy (non-hydrogen) atoms. The van der Waals surface area contributed by atoms with Gasteiger partial charge in [0.1, 0.15) is 12.1 Å². The Morgan fingerprint density at radius 3 is 2.56 bits per heavy atom. The van der Waals surface area contributed by atoms with Crippen LogP contribution in [0.15, 0.2) is 12.4 Å². The summed E-state index contributed by atoms with van der Waals surface area (Å²) >= 11 is 0. The summed E-state index contributed by atoms with van der Waals surface area (Å²) in [6.07, 6.45) is 5.83. The molecule has 1 amide bonds. The van der Waals surface area contributed by atoms with Gasteiger partial charge in [0.15, 0.2) is 0 Å². The predicted octanol–water partition coefficient (Wildman–Crippen LogP) is 1.72. The summed E-state index contributed by atoms with van der Waals surface area (Å²) in [4.78, 5) is 23.7. The Bertz CT molecular complexity index is 591. The van der Waals surface area contributed by atoms with Crippen LogP contribution in [0.4, 0.5) is 5.82 Å². The molecule has 154 valence electrons. The van der Waals surface area contributed by atoms with Crippen molar-refractivity contribution in [1.82, 2.24) is 15.3 Å². The maximum atomic E-state index is 12.8. The van der Waals surface area contributed by atoms with Crippen molar-refractivity contribution in [2.75, 3.05) is 37.7 Å². The lowest BCUT2D eigenvalue weighted by atomic mass is 9.79. The number of nitrogens with two attached hydrogens (primary N) is 1. The fourth-order valence-corrected chi connectivity index (χ4v) is 3.63. The Morgan fingerprint density at radius 1 is 1.30 bits per heavy atom. The monoisotopic (exact) mass is 419 g/mol. The Morgan fingerprint density at radius 2 is 1.96 bits per heavy atom. The summed E-state index contributed by atoms with van der Waals surface area (Å²) in [6, 6.07) is 2.27. The highest BCUT2D eigenvalue weighted by molar-refractivity contribution is 5.85. The lowest BCUT2D eigenvalue weighted by molar-refractivity contribution is -0.136. The number of carbonyl (C=O) groups excluding carboxylic acids is 1. The molecular formula is C18H31Cl2N5O2. The predicted molar refractivity (Wildman–Crippen MR) is 111 cm³/mol. The Balaban J connectivity index is 0.00000182. The summed E-state index contributed by atoms with van der Waals surface area (Å²) < 4.78 is 5.39. The van der Waals surface area contributed by atoms with Crippen molar-refractivity contribution in [3.8, 4) is 0 Å². The van der Waals surface area contributed by atoms with Gasteiger partial charge in [0.05, 0.1) is 5.41 Å². The van der Waals surface area contributed by atoms with E-state index in [1.54, 1.807) is 6.33 Å². The molecule has 0 saturated carbocycles. The first-order valence-corrected chi connectivity index (χ1v) is 9.31. The fraction of sp³-hybridized carbons (Fsp3) is 0.722. The van der Waals surface area contributed by atoms with Crippen LogP contribution in [-0.2, 0) is 16.0 Å². The van der Waals surface area contributed by atoms with Gasteiger partial charge in [0.25, 0.3) is 0 Å².